The lowest BCUT2D eigenvalue weighted by molar-refractivity contribution is -0.137. The highest BCUT2D eigenvalue weighted by atomic mass is 19.4. The van der Waals surface area contributed by atoms with Crippen LogP contribution in [0, 0.1) is 0 Å². The molecule has 0 radical (unpaired) electrons. The van der Waals surface area contributed by atoms with E-state index in [4.69, 9.17) is 9.97 Å². The first kappa shape index (κ1) is 17.7. The average molecular weight is 372 g/mol. The lowest BCUT2D eigenvalue weighted by Crippen LogP contribution is -2.14. The topological polar surface area (TPSA) is 43.6 Å². The highest BCUT2D eigenvalue weighted by Gasteiger charge is 2.30. The Morgan fingerprint density at radius 2 is 1.81 bits per heavy atom. The zero-order valence-electron chi connectivity index (χ0n) is 15.1. The SMILES string of the molecule is CC1CCCc2c(-c3ccn(C)n3)nc(-c3ccc(C(F)(F)F)cc3)nc21. The Morgan fingerprint density at radius 3 is 2.44 bits per heavy atom. The minimum absolute atomic E-state index is 0.285. The normalized spacial score (nSPS) is 17.0. The van der Waals surface area contributed by atoms with Crippen molar-refractivity contribution in [1.82, 2.24) is 19.7 Å². The molecule has 1 aliphatic carbocycles. The first-order valence-electron chi connectivity index (χ1n) is 8.91. The van der Waals surface area contributed by atoms with Crippen LogP contribution in [-0.2, 0) is 19.6 Å². The van der Waals surface area contributed by atoms with Crippen LogP contribution >= 0.6 is 0 Å². The Morgan fingerprint density at radius 1 is 1.07 bits per heavy atom. The molecule has 2 heterocycles. The fourth-order valence-electron chi connectivity index (χ4n) is 3.57. The Labute approximate surface area is 155 Å². The maximum atomic E-state index is 12.8. The monoisotopic (exact) mass is 372 g/mol. The number of benzene rings is 1. The molecule has 7 heteroatoms. The van der Waals surface area contributed by atoms with Gasteiger partial charge in [-0.2, -0.15) is 18.3 Å². The second kappa shape index (κ2) is 6.48. The molecule has 0 N–H and O–H groups in total. The zero-order valence-corrected chi connectivity index (χ0v) is 15.1. The van der Waals surface area contributed by atoms with Gasteiger partial charge >= 0.3 is 6.18 Å². The van der Waals surface area contributed by atoms with Crippen LogP contribution in [0.25, 0.3) is 22.8 Å². The van der Waals surface area contributed by atoms with Gasteiger partial charge in [0, 0.05) is 24.4 Å². The Balaban J connectivity index is 1.85. The van der Waals surface area contributed by atoms with Gasteiger partial charge in [-0.05, 0) is 43.4 Å². The van der Waals surface area contributed by atoms with Gasteiger partial charge in [-0.25, -0.2) is 9.97 Å². The largest absolute Gasteiger partial charge is 0.416 e. The molecule has 1 aliphatic rings. The van der Waals surface area contributed by atoms with E-state index in [9.17, 15) is 13.2 Å². The summed E-state index contributed by atoms with van der Waals surface area (Å²) in [5.41, 5.74) is 3.51. The molecule has 27 heavy (non-hydrogen) atoms. The van der Waals surface area contributed by atoms with Crippen molar-refractivity contribution in [3.8, 4) is 22.8 Å². The third-order valence-corrected chi connectivity index (χ3v) is 5.00. The van der Waals surface area contributed by atoms with Gasteiger partial charge in [-0.15, -0.1) is 0 Å². The van der Waals surface area contributed by atoms with Crippen LogP contribution in [0.4, 0.5) is 13.2 Å². The van der Waals surface area contributed by atoms with E-state index in [0.29, 0.717) is 11.4 Å². The van der Waals surface area contributed by atoms with Crippen molar-refractivity contribution in [3.05, 3.63) is 53.3 Å². The maximum Gasteiger partial charge on any atom is 0.416 e. The molecule has 0 aliphatic heterocycles. The predicted octanol–water partition coefficient (Wildman–Crippen LogP) is 5.00. The summed E-state index contributed by atoms with van der Waals surface area (Å²) in [6.45, 7) is 2.13. The summed E-state index contributed by atoms with van der Waals surface area (Å²) >= 11 is 0. The summed E-state index contributed by atoms with van der Waals surface area (Å²) in [6.07, 6.45) is 0.491. The quantitative estimate of drug-likeness (QED) is 0.636. The first-order chi connectivity index (χ1) is 12.8. The second-order valence-electron chi connectivity index (χ2n) is 7.00. The number of fused-ring (bicyclic) bond motifs is 1. The second-order valence-corrected chi connectivity index (χ2v) is 7.00. The number of aromatic nitrogens is 4. The molecule has 2 aromatic heterocycles. The van der Waals surface area contributed by atoms with Crippen LogP contribution in [0.1, 0.15) is 42.5 Å². The molecule has 0 saturated heterocycles. The molecule has 0 amide bonds. The Hall–Kier alpha value is -2.70. The fraction of sp³-hybridized carbons (Fsp3) is 0.350. The summed E-state index contributed by atoms with van der Waals surface area (Å²) < 4.78 is 40.2. The first-order valence-corrected chi connectivity index (χ1v) is 8.91. The molecule has 1 atom stereocenters. The third kappa shape index (κ3) is 3.34. The summed E-state index contributed by atoms with van der Waals surface area (Å²) in [6, 6.07) is 6.91. The standard InChI is InChI=1S/C20H19F3N4/c1-12-4-3-5-15-17(12)24-19(25-18(15)16-10-11-27(2)26-16)13-6-8-14(9-7-13)20(21,22)23/h6-12H,3-5H2,1-2H3. The summed E-state index contributed by atoms with van der Waals surface area (Å²) in [7, 11) is 1.84. The number of halogens is 3. The van der Waals surface area contributed by atoms with E-state index < -0.39 is 11.7 Å². The van der Waals surface area contributed by atoms with Gasteiger partial charge in [0.25, 0.3) is 0 Å². The molecule has 140 valence electrons. The molecular weight excluding hydrogens is 353 g/mol. The fourth-order valence-corrected chi connectivity index (χ4v) is 3.57. The van der Waals surface area contributed by atoms with Gasteiger partial charge < -0.3 is 0 Å². The van der Waals surface area contributed by atoms with Crippen LogP contribution in [0.2, 0.25) is 0 Å². The highest BCUT2D eigenvalue weighted by Crippen LogP contribution is 2.37. The van der Waals surface area contributed by atoms with E-state index in [-0.39, 0.29) is 5.92 Å². The number of nitrogens with zero attached hydrogens (tertiary/aromatic N) is 4. The number of alkyl halides is 3. The van der Waals surface area contributed by atoms with Crippen molar-refractivity contribution in [2.75, 3.05) is 0 Å². The molecule has 1 aromatic carbocycles. The van der Waals surface area contributed by atoms with Crippen LogP contribution in [0.15, 0.2) is 36.5 Å². The molecule has 4 nitrogen and oxygen atoms in total. The van der Waals surface area contributed by atoms with Gasteiger partial charge in [0.05, 0.1) is 17.0 Å². The van der Waals surface area contributed by atoms with E-state index in [1.807, 2.05) is 19.3 Å². The van der Waals surface area contributed by atoms with E-state index in [2.05, 4.69) is 12.0 Å². The maximum absolute atomic E-state index is 12.8. The van der Waals surface area contributed by atoms with Gasteiger partial charge in [-0.3, -0.25) is 4.68 Å². The number of hydrogen-bond donors (Lipinski definition) is 0. The number of rotatable bonds is 2. The molecule has 0 spiro atoms. The number of hydrogen-bond acceptors (Lipinski definition) is 3. The van der Waals surface area contributed by atoms with E-state index >= 15 is 0 Å². The Kier molecular flexibility index (Phi) is 4.25. The van der Waals surface area contributed by atoms with Crippen LogP contribution in [-0.4, -0.2) is 19.7 Å². The van der Waals surface area contributed by atoms with Gasteiger partial charge in [0.1, 0.15) is 5.69 Å². The molecule has 0 fully saturated rings. The van der Waals surface area contributed by atoms with Gasteiger partial charge in [0.2, 0.25) is 0 Å². The Bertz CT molecular complexity index is 974. The minimum Gasteiger partial charge on any atom is -0.275 e. The van der Waals surface area contributed by atoms with Crippen LogP contribution in [0.5, 0.6) is 0 Å². The minimum atomic E-state index is -4.36. The van der Waals surface area contributed by atoms with Crippen molar-refractivity contribution in [2.24, 2.45) is 7.05 Å². The zero-order chi connectivity index (χ0) is 19.2. The smallest absolute Gasteiger partial charge is 0.275 e. The van der Waals surface area contributed by atoms with E-state index in [1.54, 1.807) is 4.68 Å². The third-order valence-electron chi connectivity index (χ3n) is 5.00. The van der Waals surface area contributed by atoms with Crippen molar-refractivity contribution in [3.63, 3.8) is 0 Å². The predicted molar refractivity (Wildman–Crippen MR) is 96.0 cm³/mol. The van der Waals surface area contributed by atoms with Crippen molar-refractivity contribution < 1.29 is 13.2 Å². The van der Waals surface area contributed by atoms with Crippen molar-refractivity contribution >= 4 is 0 Å². The lowest BCUT2D eigenvalue weighted by atomic mass is 9.86. The molecule has 0 bridgehead atoms. The molecule has 0 saturated carbocycles. The average Bonchev–Trinajstić information content (AvgIpc) is 3.07. The molecule has 4 rings (SSSR count). The van der Waals surface area contributed by atoms with E-state index in [1.165, 1.54) is 12.1 Å². The lowest BCUT2D eigenvalue weighted by Gasteiger charge is -2.23. The van der Waals surface area contributed by atoms with Crippen LogP contribution < -0.4 is 0 Å². The molecule has 1 unspecified atom stereocenters. The summed E-state index contributed by atoms with van der Waals surface area (Å²) in [5, 5.41) is 4.47. The molecule has 3 aromatic rings. The van der Waals surface area contributed by atoms with Gasteiger partial charge in [-0.1, -0.05) is 19.1 Å². The molecular formula is C20H19F3N4. The van der Waals surface area contributed by atoms with Crippen LogP contribution in [0.3, 0.4) is 0 Å². The van der Waals surface area contributed by atoms with Gasteiger partial charge in [0.15, 0.2) is 5.82 Å². The summed E-state index contributed by atoms with van der Waals surface area (Å²) in [4.78, 5) is 9.42. The summed E-state index contributed by atoms with van der Waals surface area (Å²) in [5.74, 6) is 0.726. The van der Waals surface area contributed by atoms with Crippen molar-refractivity contribution in [2.45, 2.75) is 38.3 Å². The number of aryl methyl sites for hydroxylation is 1. The van der Waals surface area contributed by atoms with Crippen molar-refractivity contribution in [1.29, 1.82) is 0 Å². The highest BCUT2D eigenvalue weighted by molar-refractivity contribution is 5.66. The van der Waals surface area contributed by atoms with E-state index in [0.717, 1.165) is 54.0 Å².